The predicted molar refractivity (Wildman–Crippen MR) is 112 cm³/mol. The Morgan fingerprint density at radius 3 is 2.60 bits per heavy atom. The molecule has 0 radical (unpaired) electrons. The highest BCUT2D eigenvalue weighted by atomic mass is 19.1. The van der Waals surface area contributed by atoms with E-state index in [4.69, 9.17) is 9.84 Å². The van der Waals surface area contributed by atoms with Gasteiger partial charge in [0.15, 0.2) is 0 Å². The quantitative estimate of drug-likeness (QED) is 0.788. The lowest BCUT2D eigenvalue weighted by molar-refractivity contribution is -0.136. The van der Waals surface area contributed by atoms with Crippen molar-refractivity contribution in [2.24, 2.45) is 0 Å². The molecule has 6 nitrogen and oxygen atoms in total. The SMILES string of the molecule is CCOc1ccc(N2CCC(N3C(=O)Cc4ccc(CC(=O)O)cc43)CC2)c(F)c1. The van der Waals surface area contributed by atoms with E-state index >= 15 is 0 Å². The van der Waals surface area contributed by atoms with Gasteiger partial charge in [-0.15, -0.1) is 0 Å². The monoisotopic (exact) mass is 412 g/mol. The summed E-state index contributed by atoms with van der Waals surface area (Å²) >= 11 is 0. The van der Waals surface area contributed by atoms with Gasteiger partial charge in [-0.3, -0.25) is 9.59 Å². The van der Waals surface area contributed by atoms with E-state index in [2.05, 4.69) is 0 Å². The number of piperidine rings is 1. The molecule has 0 unspecified atom stereocenters. The zero-order valence-electron chi connectivity index (χ0n) is 16.9. The van der Waals surface area contributed by atoms with Crippen molar-refractivity contribution in [3.05, 3.63) is 53.3 Å². The Kier molecular flexibility index (Phi) is 5.61. The molecule has 0 bridgehead atoms. The molecule has 1 N–H and O–H groups in total. The molecule has 2 aliphatic heterocycles. The van der Waals surface area contributed by atoms with Gasteiger partial charge in [0.25, 0.3) is 0 Å². The number of amides is 1. The number of halogens is 1. The van der Waals surface area contributed by atoms with Gasteiger partial charge in [-0.1, -0.05) is 12.1 Å². The van der Waals surface area contributed by atoms with E-state index in [1.54, 1.807) is 18.2 Å². The summed E-state index contributed by atoms with van der Waals surface area (Å²) in [5, 5.41) is 9.06. The number of aliphatic carboxylic acids is 1. The molecule has 2 heterocycles. The zero-order valence-corrected chi connectivity index (χ0v) is 16.9. The van der Waals surface area contributed by atoms with Crippen LogP contribution < -0.4 is 14.5 Å². The smallest absolute Gasteiger partial charge is 0.307 e. The topological polar surface area (TPSA) is 70.1 Å². The summed E-state index contributed by atoms with van der Waals surface area (Å²) < 4.78 is 19.9. The molecule has 0 aliphatic carbocycles. The van der Waals surface area contributed by atoms with Gasteiger partial charge in [-0.25, -0.2) is 4.39 Å². The van der Waals surface area contributed by atoms with Crippen molar-refractivity contribution < 1.29 is 23.8 Å². The Labute approximate surface area is 174 Å². The van der Waals surface area contributed by atoms with E-state index in [9.17, 15) is 14.0 Å². The van der Waals surface area contributed by atoms with Crippen LogP contribution in [0.25, 0.3) is 0 Å². The van der Waals surface area contributed by atoms with Crippen LogP contribution in [-0.2, 0) is 22.4 Å². The molecule has 2 aromatic rings. The first-order valence-corrected chi connectivity index (χ1v) is 10.3. The molecule has 0 aromatic heterocycles. The van der Waals surface area contributed by atoms with Crippen LogP contribution in [0.4, 0.5) is 15.8 Å². The summed E-state index contributed by atoms with van der Waals surface area (Å²) in [6.07, 6.45) is 1.73. The second-order valence-electron chi connectivity index (χ2n) is 7.74. The number of nitrogens with zero attached hydrogens (tertiary/aromatic N) is 2. The zero-order chi connectivity index (χ0) is 21.3. The first-order chi connectivity index (χ1) is 14.5. The van der Waals surface area contributed by atoms with Crippen LogP contribution >= 0.6 is 0 Å². The van der Waals surface area contributed by atoms with Crippen LogP contribution in [0.3, 0.4) is 0 Å². The number of carbonyl (C=O) groups excluding carboxylic acids is 1. The first-order valence-electron chi connectivity index (χ1n) is 10.3. The van der Waals surface area contributed by atoms with Crippen molar-refractivity contribution in [2.75, 3.05) is 29.5 Å². The van der Waals surface area contributed by atoms with Gasteiger partial charge in [0, 0.05) is 30.9 Å². The normalized spacial score (nSPS) is 16.7. The molecule has 2 aromatic carbocycles. The van der Waals surface area contributed by atoms with Crippen molar-refractivity contribution in [1.29, 1.82) is 0 Å². The van der Waals surface area contributed by atoms with Crippen molar-refractivity contribution in [1.82, 2.24) is 0 Å². The van der Waals surface area contributed by atoms with Crippen LogP contribution in [0.5, 0.6) is 5.75 Å². The molecule has 7 heteroatoms. The van der Waals surface area contributed by atoms with E-state index in [-0.39, 0.29) is 24.2 Å². The van der Waals surface area contributed by atoms with Crippen LogP contribution in [0, 0.1) is 5.82 Å². The Balaban J connectivity index is 1.47. The number of hydrogen-bond acceptors (Lipinski definition) is 4. The molecule has 158 valence electrons. The third kappa shape index (κ3) is 3.97. The molecule has 0 saturated carbocycles. The van der Waals surface area contributed by atoms with Crippen LogP contribution in [-0.4, -0.2) is 42.7 Å². The van der Waals surface area contributed by atoms with Gasteiger partial charge in [-0.05, 0) is 49.1 Å². The number of fused-ring (bicyclic) bond motifs is 1. The first kappa shape index (κ1) is 20.2. The highest BCUT2D eigenvalue weighted by Crippen LogP contribution is 2.35. The number of anilines is 2. The van der Waals surface area contributed by atoms with Crippen LogP contribution in [0.1, 0.15) is 30.9 Å². The highest BCUT2D eigenvalue weighted by molar-refractivity contribution is 6.02. The van der Waals surface area contributed by atoms with Gasteiger partial charge in [0.05, 0.1) is 25.1 Å². The molecular weight excluding hydrogens is 387 g/mol. The molecule has 0 spiro atoms. The minimum Gasteiger partial charge on any atom is -0.494 e. The Hall–Kier alpha value is -3.09. The maximum atomic E-state index is 14.5. The molecule has 0 atom stereocenters. The van der Waals surface area contributed by atoms with E-state index in [0.29, 0.717) is 43.1 Å². The lowest BCUT2D eigenvalue weighted by atomic mass is 10.0. The Morgan fingerprint density at radius 1 is 1.17 bits per heavy atom. The van der Waals surface area contributed by atoms with Gasteiger partial charge in [0.1, 0.15) is 11.6 Å². The summed E-state index contributed by atoms with van der Waals surface area (Å²) in [4.78, 5) is 27.6. The van der Waals surface area contributed by atoms with Gasteiger partial charge in [-0.2, -0.15) is 0 Å². The number of carboxylic acid groups (broad SMARTS) is 1. The largest absolute Gasteiger partial charge is 0.494 e. The second-order valence-corrected chi connectivity index (χ2v) is 7.74. The average molecular weight is 412 g/mol. The van der Waals surface area contributed by atoms with E-state index in [0.717, 1.165) is 24.1 Å². The maximum absolute atomic E-state index is 14.5. The van der Waals surface area contributed by atoms with E-state index in [1.807, 2.05) is 28.9 Å². The van der Waals surface area contributed by atoms with Crippen molar-refractivity contribution in [3.63, 3.8) is 0 Å². The third-order valence-electron chi connectivity index (χ3n) is 5.78. The molecular formula is C23H25FN2O4. The maximum Gasteiger partial charge on any atom is 0.307 e. The summed E-state index contributed by atoms with van der Waals surface area (Å²) in [5.74, 6) is -0.634. The predicted octanol–water partition coefficient (Wildman–Crippen LogP) is 3.41. The van der Waals surface area contributed by atoms with E-state index in [1.165, 1.54) is 6.07 Å². The molecule has 30 heavy (non-hydrogen) atoms. The minimum absolute atomic E-state index is 0.0286. The van der Waals surface area contributed by atoms with Gasteiger partial charge in [0.2, 0.25) is 5.91 Å². The molecule has 2 aliphatic rings. The summed E-state index contributed by atoms with van der Waals surface area (Å²) in [6.45, 7) is 3.63. The second kappa shape index (κ2) is 8.34. The fourth-order valence-corrected chi connectivity index (χ4v) is 4.42. The lowest BCUT2D eigenvalue weighted by Crippen LogP contribution is -2.46. The number of rotatable bonds is 6. The molecule has 1 fully saturated rings. The van der Waals surface area contributed by atoms with Crippen molar-refractivity contribution in [3.8, 4) is 5.75 Å². The lowest BCUT2D eigenvalue weighted by Gasteiger charge is -2.38. The summed E-state index contributed by atoms with van der Waals surface area (Å²) in [5.41, 5.74) is 3.00. The minimum atomic E-state index is -0.892. The number of benzene rings is 2. The number of carbonyl (C=O) groups is 2. The third-order valence-corrected chi connectivity index (χ3v) is 5.78. The molecule has 1 saturated heterocycles. The standard InChI is InChI=1S/C23H25FN2O4/c1-2-30-18-5-6-20(19(24)14-18)25-9-7-17(8-10-25)26-21-11-15(12-23(28)29)3-4-16(21)13-22(26)27/h3-6,11,14,17H,2,7-10,12-13H2,1H3,(H,28,29). The summed E-state index contributed by atoms with van der Waals surface area (Å²) in [7, 11) is 0. The van der Waals surface area contributed by atoms with Gasteiger partial charge < -0.3 is 19.6 Å². The Morgan fingerprint density at radius 2 is 1.93 bits per heavy atom. The number of ether oxygens (including phenoxy) is 1. The average Bonchev–Trinajstić information content (AvgIpc) is 3.03. The Bertz CT molecular complexity index is 970. The highest BCUT2D eigenvalue weighted by Gasteiger charge is 2.35. The van der Waals surface area contributed by atoms with Crippen molar-refractivity contribution in [2.45, 2.75) is 38.6 Å². The van der Waals surface area contributed by atoms with Crippen molar-refractivity contribution >= 4 is 23.3 Å². The molecule has 1 amide bonds. The summed E-state index contributed by atoms with van der Waals surface area (Å²) in [6, 6.07) is 10.4. The fraction of sp³-hybridized carbons (Fsp3) is 0.391. The van der Waals surface area contributed by atoms with Crippen LogP contribution in [0.2, 0.25) is 0 Å². The van der Waals surface area contributed by atoms with Crippen LogP contribution in [0.15, 0.2) is 36.4 Å². The van der Waals surface area contributed by atoms with E-state index < -0.39 is 5.97 Å². The number of hydrogen-bond donors (Lipinski definition) is 1. The molecule has 4 rings (SSSR count). The number of carboxylic acids is 1. The fourth-order valence-electron chi connectivity index (χ4n) is 4.42. The van der Waals surface area contributed by atoms with Gasteiger partial charge >= 0.3 is 5.97 Å².